The number of H-pyrrole nitrogens is 1. The van der Waals surface area contributed by atoms with Gasteiger partial charge < -0.3 is 10.3 Å². The van der Waals surface area contributed by atoms with E-state index in [2.05, 4.69) is 10.3 Å². The molecule has 1 heterocycles. The number of ketones is 1. The number of nitriles is 1. The number of halogens is 1. The lowest BCUT2D eigenvalue weighted by molar-refractivity contribution is 0.104. The van der Waals surface area contributed by atoms with Crippen molar-refractivity contribution in [2.45, 2.75) is 0 Å². The summed E-state index contributed by atoms with van der Waals surface area (Å²) in [5, 5.41) is 13.6. The number of aromatic nitrogens is 1. The third-order valence-electron chi connectivity index (χ3n) is 3.43. The monoisotopic (exact) mass is 321 g/mol. The largest absolute Gasteiger partial charge is 0.360 e. The van der Waals surface area contributed by atoms with Crippen LogP contribution in [0, 0.1) is 11.3 Å². The molecule has 0 saturated heterocycles. The van der Waals surface area contributed by atoms with Crippen molar-refractivity contribution in [2.24, 2.45) is 0 Å². The predicted octanol–water partition coefficient (Wildman–Crippen LogP) is 4.52. The molecule has 0 atom stereocenters. The minimum atomic E-state index is -0.327. The van der Waals surface area contributed by atoms with Crippen molar-refractivity contribution in [1.82, 2.24) is 4.98 Å². The van der Waals surface area contributed by atoms with Crippen LogP contribution in [0.25, 0.3) is 10.9 Å². The van der Waals surface area contributed by atoms with Crippen molar-refractivity contribution < 1.29 is 4.79 Å². The highest BCUT2D eigenvalue weighted by molar-refractivity contribution is 6.30. The molecule has 2 N–H and O–H groups in total. The zero-order chi connectivity index (χ0) is 16.2. The maximum Gasteiger partial charge on any atom is 0.207 e. The van der Waals surface area contributed by atoms with E-state index >= 15 is 0 Å². The molecule has 112 valence electrons. The Labute approximate surface area is 138 Å². The molecule has 3 rings (SSSR count). The lowest BCUT2D eigenvalue weighted by atomic mass is 10.0. The van der Waals surface area contributed by atoms with Gasteiger partial charge in [-0.05, 0) is 30.3 Å². The van der Waals surface area contributed by atoms with E-state index in [0.29, 0.717) is 10.6 Å². The highest BCUT2D eigenvalue weighted by Crippen LogP contribution is 2.21. The number of para-hydroxylation sites is 1. The Morgan fingerprint density at radius 3 is 2.65 bits per heavy atom. The molecule has 0 radical (unpaired) electrons. The summed E-state index contributed by atoms with van der Waals surface area (Å²) in [6, 6.07) is 16.4. The second-order valence-electron chi connectivity index (χ2n) is 4.90. The Hall–Kier alpha value is -3.03. The van der Waals surface area contributed by atoms with Gasteiger partial charge in [-0.15, -0.1) is 0 Å². The number of nitrogens with zero attached hydrogens (tertiary/aromatic N) is 1. The Bertz CT molecular complexity index is 933. The first-order valence-electron chi connectivity index (χ1n) is 6.92. The van der Waals surface area contributed by atoms with Gasteiger partial charge in [-0.3, -0.25) is 4.79 Å². The Morgan fingerprint density at radius 2 is 1.91 bits per heavy atom. The van der Waals surface area contributed by atoms with Crippen molar-refractivity contribution in [2.75, 3.05) is 5.32 Å². The maximum atomic E-state index is 12.6. The zero-order valence-corrected chi connectivity index (χ0v) is 12.8. The molecule has 0 aliphatic carbocycles. The quantitative estimate of drug-likeness (QED) is 0.421. The number of carbonyl (C=O) groups is 1. The number of carbonyl (C=O) groups excluding carboxylic acids is 1. The van der Waals surface area contributed by atoms with Gasteiger partial charge in [-0.1, -0.05) is 29.8 Å². The molecular formula is C18H12ClN3O. The van der Waals surface area contributed by atoms with Crippen LogP contribution in [0.2, 0.25) is 5.02 Å². The van der Waals surface area contributed by atoms with E-state index in [9.17, 15) is 10.1 Å². The fraction of sp³-hybridized carbons (Fsp3) is 0. The Morgan fingerprint density at radius 1 is 1.17 bits per heavy atom. The van der Waals surface area contributed by atoms with Crippen molar-refractivity contribution >= 4 is 34.0 Å². The van der Waals surface area contributed by atoms with Gasteiger partial charge in [0.05, 0.1) is 0 Å². The van der Waals surface area contributed by atoms with E-state index in [4.69, 9.17) is 11.6 Å². The van der Waals surface area contributed by atoms with Gasteiger partial charge in [-0.25, -0.2) is 0 Å². The number of allylic oxidation sites excluding steroid dienone is 1. The van der Waals surface area contributed by atoms with E-state index in [-0.39, 0.29) is 11.4 Å². The third kappa shape index (κ3) is 3.10. The standard InChI is InChI=1S/C18H12ClN3O/c19-13-5-7-14(8-6-13)21-10-12(9-20)18(23)16-11-22-17-4-2-1-3-15(16)17/h1-8,10-11,21-22H/b12-10-. The van der Waals surface area contributed by atoms with Crippen molar-refractivity contribution in [1.29, 1.82) is 5.26 Å². The van der Waals surface area contributed by atoms with Crippen LogP contribution in [0.4, 0.5) is 5.69 Å². The first-order chi connectivity index (χ1) is 11.2. The number of anilines is 1. The lowest BCUT2D eigenvalue weighted by Crippen LogP contribution is -2.03. The van der Waals surface area contributed by atoms with Gasteiger partial charge in [0, 0.05) is 39.6 Å². The summed E-state index contributed by atoms with van der Waals surface area (Å²) in [5.74, 6) is -0.327. The molecule has 0 fully saturated rings. The summed E-state index contributed by atoms with van der Waals surface area (Å²) < 4.78 is 0. The van der Waals surface area contributed by atoms with Crippen LogP contribution < -0.4 is 5.32 Å². The molecule has 0 unspecified atom stereocenters. The van der Waals surface area contributed by atoms with Gasteiger partial charge in [0.2, 0.25) is 5.78 Å². The maximum absolute atomic E-state index is 12.6. The summed E-state index contributed by atoms with van der Waals surface area (Å²) in [4.78, 5) is 15.6. The summed E-state index contributed by atoms with van der Waals surface area (Å²) in [5.41, 5.74) is 2.11. The highest BCUT2D eigenvalue weighted by atomic mass is 35.5. The third-order valence-corrected chi connectivity index (χ3v) is 3.68. The first kappa shape index (κ1) is 14.9. The number of fused-ring (bicyclic) bond motifs is 1. The average molecular weight is 322 g/mol. The minimum absolute atomic E-state index is 0.0321. The van der Waals surface area contributed by atoms with Gasteiger partial charge in [0.15, 0.2) is 0 Å². The minimum Gasteiger partial charge on any atom is -0.360 e. The fourth-order valence-corrected chi connectivity index (χ4v) is 2.38. The van der Waals surface area contributed by atoms with Crippen molar-refractivity contribution in [3.05, 3.63) is 77.1 Å². The summed E-state index contributed by atoms with van der Waals surface area (Å²) in [6.45, 7) is 0. The zero-order valence-electron chi connectivity index (χ0n) is 12.0. The van der Waals surface area contributed by atoms with E-state index in [1.54, 1.807) is 30.5 Å². The second kappa shape index (κ2) is 6.39. The molecule has 4 nitrogen and oxygen atoms in total. The number of benzene rings is 2. The molecule has 0 bridgehead atoms. The Balaban J connectivity index is 1.88. The second-order valence-corrected chi connectivity index (χ2v) is 5.33. The van der Waals surface area contributed by atoms with Crippen LogP contribution in [0.3, 0.4) is 0 Å². The summed E-state index contributed by atoms with van der Waals surface area (Å²) in [7, 11) is 0. The molecule has 0 aliphatic heterocycles. The summed E-state index contributed by atoms with van der Waals surface area (Å²) in [6.07, 6.45) is 3.04. The van der Waals surface area contributed by atoms with Crippen LogP contribution in [-0.4, -0.2) is 10.8 Å². The molecule has 0 aliphatic rings. The van der Waals surface area contributed by atoms with E-state index < -0.39 is 0 Å². The normalized spacial score (nSPS) is 11.2. The van der Waals surface area contributed by atoms with Crippen LogP contribution in [0.5, 0.6) is 0 Å². The highest BCUT2D eigenvalue weighted by Gasteiger charge is 2.16. The number of aromatic amines is 1. The molecule has 0 saturated carbocycles. The van der Waals surface area contributed by atoms with Gasteiger partial charge in [-0.2, -0.15) is 5.26 Å². The van der Waals surface area contributed by atoms with Gasteiger partial charge in [0.1, 0.15) is 11.6 Å². The topological polar surface area (TPSA) is 68.7 Å². The number of hydrogen-bond donors (Lipinski definition) is 2. The average Bonchev–Trinajstić information content (AvgIpc) is 3.01. The van der Waals surface area contributed by atoms with Crippen LogP contribution >= 0.6 is 11.6 Å². The molecule has 2 aromatic carbocycles. The van der Waals surface area contributed by atoms with E-state index in [1.807, 2.05) is 30.3 Å². The number of nitrogens with one attached hydrogen (secondary N) is 2. The van der Waals surface area contributed by atoms with Crippen molar-refractivity contribution in [3.63, 3.8) is 0 Å². The number of Topliss-reactive ketones (excluding diaryl/α,β-unsaturated/α-hetero) is 1. The van der Waals surface area contributed by atoms with E-state index in [0.717, 1.165) is 16.6 Å². The molecule has 5 heteroatoms. The number of rotatable bonds is 4. The molecule has 1 aromatic heterocycles. The molecule has 0 amide bonds. The van der Waals surface area contributed by atoms with Crippen LogP contribution in [-0.2, 0) is 0 Å². The smallest absolute Gasteiger partial charge is 0.207 e. The lowest BCUT2D eigenvalue weighted by Gasteiger charge is -2.02. The van der Waals surface area contributed by atoms with E-state index in [1.165, 1.54) is 6.20 Å². The van der Waals surface area contributed by atoms with Crippen LogP contribution in [0.1, 0.15) is 10.4 Å². The van der Waals surface area contributed by atoms with Gasteiger partial charge >= 0.3 is 0 Å². The predicted molar refractivity (Wildman–Crippen MR) is 91.4 cm³/mol. The van der Waals surface area contributed by atoms with Gasteiger partial charge in [0.25, 0.3) is 0 Å². The molecular weight excluding hydrogens is 310 g/mol. The molecule has 23 heavy (non-hydrogen) atoms. The first-order valence-corrected chi connectivity index (χ1v) is 7.30. The van der Waals surface area contributed by atoms with Crippen molar-refractivity contribution in [3.8, 4) is 6.07 Å². The SMILES string of the molecule is N#C/C(=C/Nc1ccc(Cl)cc1)C(=O)c1c[nH]c2ccccc12. The summed E-state index contributed by atoms with van der Waals surface area (Å²) >= 11 is 5.82. The fourth-order valence-electron chi connectivity index (χ4n) is 2.25. The number of hydrogen-bond acceptors (Lipinski definition) is 3. The molecule has 0 spiro atoms. The van der Waals surface area contributed by atoms with Crippen LogP contribution in [0.15, 0.2) is 66.5 Å². The Kier molecular flexibility index (Phi) is 4.13. The molecule has 3 aromatic rings.